The molecule has 0 saturated heterocycles. The average molecular weight is 298 g/mol. The number of aliphatic imine (C=N–C) groups is 1. The Morgan fingerprint density at radius 3 is 2.35 bits per heavy atom. The standard InChI is InChI=1S/C12H18N4O3S/c1-3-16(4-2)20(18,19)10-7-5-6-9(8-10)11(17)15-12(13)14/h5-8H,3-4H2,1-2H3,(H4,13,14,15,17). The van der Waals surface area contributed by atoms with Crippen LogP contribution in [0.1, 0.15) is 24.2 Å². The quantitative estimate of drug-likeness (QED) is 0.591. The smallest absolute Gasteiger partial charge is 0.280 e. The highest BCUT2D eigenvalue weighted by Crippen LogP contribution is 2.17. The molecule has 0 aromatic heterocycles. The van der Waals surface area contributed by atoms with Gasteiger partial charge in [0.15, 0.2) is 5.96 Å². The fourth-order valence-electron chi connectivity index (χ4n) is 1.68. The Bertz CT molecular complexity index is 617. The summed E-state index contributed by atoms with van der Waals surface area (Å²) in [7, 11) is -3.62. The maximum Gasteiger partial charge on any atom is 0.280 e. The Kier molecular flexibility index (Phi) is 5.23. The van der Waals surface area contributed by atoms with Crippen molar-refractivity contribution in [3.05, 3.63) is 29.8 Å². The van der Waals surface area contributed by atoms with Gasteiger partial charge in [0.05, 0.1) is 4.90 Å². The van der Waals surface area contributed by atoms with E-state index >= 15 is 0 Å². The summed E-state index contributed by atoms with van der Waals surface area (Å²) in [5, 5.41) is 0. The third-order valence-corrected chi connectivity index (χ3v) is 4.70. The van der Waals surface area contributed by atoms with Crippen LogP contribution in [-0.2, 0) is 10.0 Å². The van der Waals surface area contributed by atoms with Gasteiger partial charge in [-0.15, -0.1) is 0 Å². The molecule has 1 amide bonds. The third kappa shape index (κ3) is 3.55. The molecule has 1 rings (SSSR count). The Morgan fingerprint density at radius 2 is 1.85 bits per heavy atom. The van der Waals surface area contributed by atoms with Crippen LogP contribution in [0.3, 0.4) is 0 Å². The molecule has 7 nitrogen and oxygen atoms in total. The second-order valence-corrected chi connectivity index (χ2v) is 5.90. The summed E-state index contributed by atoms with van der Waals surface area (Å²) in [6, 6.07) is 5.63. The molecule has 0 radical (unpaired) electrons. The normalized spacial score (nSPS) is 11.3. The Labute approximate surface area is 118 Å². The first-order valence-corrected chi connectivity index (χ1v) is 7.51. The summed E-state index contributed by atoms with van der Waals surface area (Å²) < 4.78 is 25.9. The van der Waals surface area contributed by atoms with Gasteiger partial charge in [-0.3, -0.25) is 4.79 Å². The van der Waals surface area contributed by atoms with Crippen LogP contribution in [0.4, 0.5) is 0 Å². The van der Waals surface area contributed by atoms with Crippen molar-refractivity contribution in [3.63, 3.8) is 0 Å². The fourth-order valence-corrected chi connectivity index (χ4v) is 3.19. The van der Waals surface area contributed by atoms with E-state index in [1.807, 2.05) is 0 Å². The van der Waals surface area contributed by atoms with Crippen molar-refractivity contribution < 1.29 is 13.2 Å². The number of rotatable bonds is 5. The summed E-state index contributed by atoms with van der Waals surface area (Å²) in [6.45, 7) is 4.20. The van der Waals surface area contributed by atoms with Crippen LogP contribution < -0.4 is 11.5 Å². The van der Waals surface area contributed by atoms with Crippen molar-refractivity contribution in [1.29, 1.82) is 0 Å². The summed E-state index contributed by atoms with van der Waals surface area (Å²) in [6.07, 6.45) is 0. The van der Waals surface area contributed by atoms with E-state index in [-0.39, 0.29) is 16.4 Å². The highest BCUT2D eigenvalue weighted by Gasteiger charge is 2.22. The molecule has 0 unspecified atom stereocenters. The lowest BCUT2D eigenvalue weighted by molar-refractivity contribution is 0.100. The second kappa shape index (κ2) is 6.49. The minimum atomic E-state index is -3.62. The van der Waals surface area contributed by atoms with Gasteiger partial charge >= 0.3 is 0 Å². The lowest BCUT2D eigenvalue weighted by atomic mass is 10.2. The van der Waals surface area contributed by atoms with Crippen molar-refractivity contribution in [2.24, 2.45) is 16.5 Å². The van der Waals surface area contributed by atoms with E-state index in [9.17, 15) is 13.2 Å². The van der Waals surface area contributed by atoms with Gasteiger partial charge in [0.25, 0.3) is 5.91 Å². The average Bonchev–Trinajstić information content (AvgIpc) is 2.39. The molecule has 4 N–H and O–H groups in total. The fraction of sp³-hybridized carbons (Fsp3) is 0.333. The van der Waals surface area contributed by atoms with Crippen LogP contribution >= 0.6 is 0 Å². The Hall–Kier alpha value is -1.93. The number of carbonyl (C=O) groups is 1. The van der Waals surface area contributed by atoms with Crippen molar-refractivity contribution in [1.82, 2.24) is 4.31 Å². The number of sulfonamides is 1. The molecule has 0 bridgehead atoms. The van der Waals surface area contributed by atoms with E-state index < -0.39 is 15.9 Å². The maximum absolute atomic E-state index is 12.3. The number of amides is 1. The van der Waals surface area contributed by atoms with Crippen LogP contribution in [-0.4, -0.2) is 37.7 Å². The van der Waals surface area contributed by atoms with Crippen LogP contribution in [0.2, 0.25) is 0 Å². The van der Waals surface area contributed by atoms with E-state index in [2.05, 4.69) is 4.99 Å². The minimum Gasteiger partial charge on any atom is -0.370 e. The molecule has 20 heavy (non-hydrogen) atoms. The summed E-state index contributed by atoms with van der Waals surface area (Å²) >= 11 is 0. The molecule has 0 aliphatic heterocycles. The zero-order valence-corrected chi connectivity index (χ0v) is 12.2. The summed E-state index contributed by atoms with van der Waals surface area (Å²) in [5.41, 5.74) is 10.4. The topological polar surface area (TPSA) is 119 Å². The molecule has 1 aromatic rings. The number of nitrogens with zero attached hydrogens (tertiary/aromatic N) is 2. The molecule has 0 spiro atoms. The van der Waals surface area contributed by atoms with Crippen LogP contribution in [0.5, 0.6) is 0 Å². The summed E-state index contributed by atoms with van der Waals surface area (Å²) in [4.78, 5) is 15.1. The molecule has 0 fully saturated rings. The van der Waals surface area contributed by atoms with Gasteiger partial charge in [-0.05, 0) is 18.2 Å². The van der Waals surface area contributed by atoms with Crippen molar-refractivity contribution in [2.75, 3.05) is 13.1 Å². The van der Waals surface area contributed by atoms with E-state index in [1.54, 1.807) is 13.8 Å². The molecule has 8 heteroatoms. The van der Waals surface area contributed by atoms with E-state index in [4.69, 9.17) is 11.5 Å². The molecule has 110 valence electrons. The van der Waals surface area contributed by atoms with Gasteiger partial charge in [0.1, 0.15) is 0 Å². The minimum absolute atomic E-state index is 0.0397. The highest BCUT2D eigenvalue weighted by molar-refractivity contribution is 7.89. The lowest BCUT2D eigenvalue weighted by Gasteiger charge is -2.18. The molecule has 0 aliphatic rings. The maximum atomic E-state index is 12.3. The molecule has 1 aromatic carbocycles. The second-order valence-electron chi connectivity index (χ2n) is 3.96. The van der Waals surface area contributed by atoms with Gasteiger partial charge in [-0.1, -0.05) is 19.9 Å². The first kappa shape index (κ1) is 16.1. The molecular formula is C12H18N4O3S. The number of nitrogens with two attached hydrogens (primary N) is 2. The van der Waals surface area contributed by atoms with Crippen LogP contribution in [0, 0.1) is 0 Å². The SMILES string of the molecule is CCN(CC)S(=O)(=O)c1cccc(C(=O)N=C(N)N)c1. The summed E-state index contributed by atoms with van der Waals surface area (Å²) in [5.74, 6) is -1.05. The predicted octanol–water partition coefficient (Wildman–Crippen LogP) is 0.131. The van der Waals surface area contributed by atoms with Crippen molar-refractivity contribution in [2.45, 2.75) is 18.7 Å². The largest absolute Gasteiger partial charge is 0.370 e. The molecule has 0 aliphatic carbocycles. The zero-order chi connectivity index (χ0) is 15.3. The van der Waals surface area contributed by atoms with Gasteiger partial charge in [0, 0.05) is 18.7 Å². The molecule has 0 saturated carbocycles. The van der Waals surface area contributed by atoms with Gasteiger partial charge < -0.3 is 11.5 Å². The molecule has 0 heterocycles. The van der Waals surface area contributed by atoms with Crippen LogP contribution in [0.15, 0.2) is 34.2 Å². The molecular weight excluding hydrogens is 280 g/mol. The number of carbonyl (C=O) groups excluding carboxylic acids is 1. The van der Waals surface area contributed by atoms with Crippen LogP contribution in [0.25, 0.3) is 0 Å². The lowest BCUT2D eigenvalue weighted by Crippen LogP contribution is -2.30. The number of hydrogen-bond acceptors (Lipinski definition) is 3. The zero-order valence-electron chi connectivity index (χ0n) is 11.4. The van der Waals surface area contributed by atoms with Gasteiger partial charge in [-0.25, -0.2) is 8.42 Å². The van der Waals surface area contributed by atoms with E-state index in [1.165, 1.54) is 28.6 Å². The van der Waals surface area contributed by atoms with Gasteiger partial charge in [-0.2, -0.15) is 9.30 Å². The Balaban J connectivity index is 3.23. The van der Waals surface area contributed by atoms with E-state index in [0.29, 0.717) is 13.1 Å². The van der Waals surface area contributed by atoms with E-state index in [0.717, 1.165) is 0 Å². The highest BCUT2D eigenvalue weighted by atomic mass is 32.2. The predicted molar refractivity (Wildman–Crippen MR) is 76.7 cm³/mol. The first-order chi connectivity index (χ1) is 9.32. The Morgan fingerprint density at radius 1 is 1.25 bits per heavy atom. The first-order valence-electron chi connectivity index (χ1n) is 6.07. The van der Waals surface area contributed by atoms with Crippen molar-refractivity contribution in [3.8, 4) is 0 Å². The number of hydrogen-bond donors (Lipinski definition) is 2. The monoisotopic (exact) mass is 298 g/mol. The number of guanidine groups is 1. The van der Waals surface area contributed by atoms with Crippen molar-refractivity contribution >= 4 is 21.9 Å². The third-order valence-electron chi connectivity index (χ3n) is 2.65. The van der Waals surface area contributed by atoms with Gasteiger partial charge in [0.2, 0.25) is 10.0 Å². The molecule has 0 atom stereocenters. The number of benzene rings is 1.